The molecule has 2 aromatic rings. The normalized spacial score (nSPS) is 10.1. The lowest BCUT2D eigenvalue weighted by molar-refractivity contribution is -0.385. The average molecular weight is 387 g/mol. The number of ether oxygens (including phenoxy) is 2. The number of anilines is 1. The van der Waals surface area contributed by atoms with E-state index in [9.17, 15) is 19.7 Å². The van der Waals surface area contributed by atoms with E-state index >= 15 is 0 Å². The highest BCUT2D eigenvalue weighted by Gasteiger charge is 2.17. The van der Waals surface area contributed by atoms with Crippen LogP contribution in [0.4, 0.5) is 11.4 Å². The van der Waals surface area contributed by atoms with Crippen molar-refractivity contribution in [3.63, 3.8) is 0 Å². The Balaban J connectivity index is 1.91. The van der Waals surface area contributed by atoms with Crippen molar-refractivity contribution in [2.75, 3.05) is 32.6 Å². The first kappa shape index (κ1) is 20.7. The van der Waals surface area contributed by atoms with Gasteiger partial charge in [-0.1, -0.05) is 17.7 Å². The monoisotopic (exact) mass is 387 g/mol. The Labute approximate surface area is 162 Å². The summed E-state index contributed by atoms with van der Waals surface area (Å²) in [6, 6.07) is 11.1. The molecule has 0 unspecified atom stereocenters. The number of rotatable bonds is 8. The molecular formula is C19H21N3O6. The molecule has 0 heterocycles. The number of nitro benzene ring substituents is 1. The first-order valence-corrected chi connectivity index (χ1v) is 8.36. The highest BCUT2D eigenvalue weighted by molar-refractivity contribution is 5.94. The molecule has 0 fully saturated rings. The van der Waals surface area contributed by atoms with Gasteiger partial charge in [-0.05, 0) is 25.1 Å². The van der Waals surface area contributed by atoms with E-state index < -0.39 is 17.4 Å². The molecule has 0 saturated carbocycles. The fourth-order valence-corrected chi connectivity index (χ4v) is 2.28. The minimum Gasteiger partial charge on any atom is -0.493 e. The Bertz CT molecular complexity index is 866. The van der Waals surface area contributed by atoms with Crippen molar-refractivity contribution in [3.05, 3.63) is 58.1 Å². The predicted molar refractivity (Wildman–Crippen MR) is 103 cm³/mol. The fourth-order valence-electron chi connectivity index (χ4n) is 2.28. The molecule has 2 aromatic carbocycles. The van der Waals surface area contributed by atoms with E-state index in [2.05, 4.69) is 5.32 Å². The Morgan fingerprint density at radius 3 is 2.43 bits per heavy atom. The summed E-state index contributed by atoms with van der Waals surface area (Å²) in [5.74, 6) is -0.485. The molecule has 0 aliphatic heterocycles. The molecule has 148 valence electrons. The van der Waals surface area contributed by atoms with Gasteiger partial charge in [-0.15, -0.1) is 0 Å². The van der Waals surface area contributed by atoms with Crippen molar-refractivity contribution in [1.82, 2.24) is 4.90 Å². The molecule has 2 amide bonds. The number of non-ortho nitro benzene ring substituents is 1. The van der Waals surface area contributed by atoms with Gasteiger partial charge in [-0.3, -0.25) is 19.7 Å². The molecular weight excluding hydrogens is 366 g/mol. The van der Waals surface area contributed by atoms with Gasteiger partial charge in [-0.2, -0.15) is 0 Å². The molecule has 0 aliphatic rings. The number of nitrogens with one attached hydrogen (secondary N) is 1. The van der Waals surface area contributed by atoms with E-state index in [0.717, 1.165) is 5.56 Å². The second-order valence-corrected chi connectivity index (χ2v) is 6.04. The maximum Gasteiger partial charge on any atom is 0.273 e. The molecule has 0 bridgehead atoms. The van der Waals surface area contributed by atoms with Crippen LogP contribution < -0.4 is 14.8 Å². The molecule has 1 N–H and O–H groups in total. The minimum atomic E-state index is -0.574. The van der Waals surface area contributed by atoms with Crippen molar-refractivity contribution in [2.24, 2.45) is 0 Å². The van der Waals surface area contributed by atoms with Crippen molar-refractivity contribution in [2.45, 2.75) is 6.92 Å². The zero-order valence-electron chi connectivity index (χ0n) is 15.8. The maximum atomic E-state index is 12.2. The number of carbonyl (C=O) groups excluding carboxylic acids is 2. The molecule has 0 saturated heterocycles. The number of hydrogen-bond acceptors (Lipinski definition) is 6. The Morgan fingerprint density at radius 1 is 1.14 bits per heavy atom. The van der Waals surface area contributed by atoms with E-state index in [-0.39, 0.29) is 29.6 Å². The molecule has 9 nitrogen and oxygen atoms in total. The zero-order valence-corrected chi connectivity index (χ0v) is 15.8. The molecule has 0 spiro atoms. The molecule has 9 heteroatoms. The summed E-state index contributed by atoms with van der Waals surface area (Å²) in [7, 11) is 2.85. The number of likely N-dealkylation sites (N-methyl/N-ethyl adjacent to an activating group) is 1. The first-order chi connectivity index (χ1) is 13.3. The van der Waals surface area contributed by atoms with Crippen LogP contribution >= 0.6 is 0 Å². The lowest BCUT2D eigenvalue weighted by atomic mass is 10.2. The van der Waals surface area contributed by atoms with Gasteiger partial charge in [-0.25, -0.2) is 0 Å². The van der Waals surface area contributed by atoms with Crippen molar-refractivity contribution in [1.29, 1.82) is 0 Å². The summed E-state index contributed by atoms with van der Waals surface area (Å²) in [4.78, 5) is 35.8. The van der Waals surface area contributed by atoms with Crippen LogP contribution in [0.3, 0.4) is 0 Å². The molecule has 28 heavy (non-hydrogen) atoms. The smallest absolute Gasteiger partial charge is 0.273 e. The van der Waals surface area contributed by atoms with Gasteiger partial charge in [0.15, 0.2) is 18.1 Å². The van der Waals surface area contributed by atoms with Crippen LogP contribution in [0, 0.1) is 17.0 Å². The van der Waals surface area contributed by atoms with Crippen LogP contribution in [0.25, 0.3) is 0 Å². The minimum absolute atomic E-state index is 0.0718. The highest BCUT2D eigenvalue weighted by atomic mass is 16.6. The van der Waals surface area contributed by atoms with Crippen LogP contribution in [-0.2, 0) is 9.59 Å². The third kappa shape index (κ3) is 5.70. The summed E-state index contributed by atoms with van der Waals surface area (Å²) < 4.78 is 10.4. The van der Waals surface area contributed by atoms with Crippen molar-refractivity contribution >= 4 is 23.2 Å². The number of methoxy groups -OCH3 is 1. The molecule has 0 atom stereocenters. The predicted octanol–water partition coefficient (Wildman–Crippen LogP) is 2.39. The van der Waals surface area contributed by atoms with E-state index in [1.807, 2.05) is 19.1 Å². The quantitative estimate of drug-likeness (QED) is 0.550. The number of benzene rings is 2. The van der Waals surface area contributed by atoms with Crippen LogP contribution in [0.5, 0.6) is 11.5 Å². The van der Waals surface area contributed by atoms with Crippen molar-refractivity contribution in [3.8, 4) is 11.5 Å². The first-order valence-electron chi connectivity index (χ1n) is 8.36. The standard InChI is InChI=1S/C19H21N3O6/c1-13-4-6-14(7-5-13)20-18(23)11-21(2)19(24)12-28-17-10-15(22(25)26)8-9-16(17)27-3/h4-10H,11-12H2,1-3H3,(H,20,23). The van der Waals surface area contributed by atoms with Crippen LogP contribution in [0.15, 0.2) is 42.5 Å². The van der Waals surface area contributed by atoms with Gasteiger partial charge < -0.3 is 19.7 Å². The summed E-state index contributed by atoms with van der Waals surface area (Å²) in [5.41, 5.74) is 1.52. The van der Waals surface area contributed by atoms with Gasteiger partial charge in [0.2, 0.25) is 5.91 Å². The summed E-state index contributed by atoms with van der Waals surface area (Å²) in [6.07, 6.45) is 0. The summed E-state index contributed by atoms with van der Waals surface area (Å²) >= 11 is 0. The summed E-state index contributed by atoms with van der Waals surface area (Å²) in [6.45, 7) is 1.38. The van der Waals surface area contributed by atoms with Gasteiger partial charge >= 0.3 is 0 Å². The number of carbonyl (C=O) groups is 2. The highest BCUT2D eigenvalue weighted by Crippen LogP contribution is 2.31. The van der Waals surface area contributed by atoms with Crippen LogP contribution in [0.2, 0.25) is 0 Å². The number of amides is 2. The molecule has 0 aliphatic carbocycles. The second kappa shape index (κ2) is 9.36. The van der Waals surface area contributed by atoms with E-state index in [0.29, 0.717) is 5.69 Å². The van der Waals surface area contributed by atoms with Gasteiger partial charge in [0.05, 0.1) is 24.6 Å². The third-order valence-corrected chi connectivity index (χ3v) is 3.85. The summed E-state index contributed by atoms with van der Waals surface area (Å²) in [5, 5.41) is 13.6. The lowest BCUT2D eigenvalue weighted by Crippen LogP contribution is -2.37. The van der Waals surface area contributed by atoms with Gasteiger partial charge in [0.25, 0.3) is 11.6 Å². The van der Waals surface area contributed by atoms with E-state index in [1.165, 1.54) is 37.3 Å². The number of nitro groups is 1. The Hall–Kier alpha value is -3.62. The number of hydrogen-bond donors (Lipinski definition) is 1. The number of aryl methyl sites for hydroxylation is 1. The molecule has 0 radical (unpaired) electrons. The number of nitrogens with zero attached hydrogens (tertiary/aromatic N) is 2. The lowest BCUT2D eigenvalue weighted by Gasteiger charge is -2.17. The Kier molecular flexibility index (Phi) is 6.91. The zero-order chi connectivity index (χ0) is 20.7. The third-order valence-electron chi connectivity index (χ3n) is 3.85. The SMILES string of the molecule is COc1ccc([N+](=O)[O-])cc1OCC(=O)N(C)CC(=O)Nc1ccc(C)cc1. The fraction of sp³-hybridized carbons (Fsp3) is 0.263. The van der Waals surface area contributed by atoms with Gasteiger partial charge in [0.1, 0.15) is 0 Å². The topological polar surface area (TPSA) is 111 Å². The Morgan fingerprint density at radius 2 is 1.82 bits per heavy atom. The maximum absolute atomic E-state index is 12.2. The van der Waals surface area contributed by atoms with Crippen LogP contribution in [-0.4, -0.2) is 48.9 Å². The van der Waals surface area contributed by atoms with E-state index in [4.69, 9.17) is 9.47 Å². The van der Waals surface area contributed by atoms with E-state index in [1.54, 1.807) is 12.1 Å². The molecule has 0 aromatic heterocycles. The molecule has 2 rings (SSSR count). The average Bonchev–Trinajstić information content (AvgIpc) is 2.67. The van der Waals surface area contributed by atoms with Crippen molar-refractivity contribution < 1.29 is 24.0 Å². The van der Waals surface area contributed by atoms with Gasteiger partial charge in [0, 0.05) is 18.8 Å². The van der Waals surface area contributed by atoms with Crippen LogP contribution in [0.1, 0.15) is 5.56 Å². The largest absolute Gasteiger partial charge is 0.493 e. The second-order valence-electron chi connectivity index (χ2n) is 6.04.